The van der Waals surface area contributed by atoms with Gasteiger partial charge in [-0.3, -0.25) is 4.79 Å². The molecule has 0 radical (unpaired) electrons. The second-order valence-corrected chi connectivity index (χ2v) is 17.5. The average molecular weight is 830 g/mol. The molecule has 0 aromatic carbocycles. The van der Waals surface area contributed by atoms with E-state index >= 15 is 0 Å². The lowest BCUT2D eigenvalue weighted by Gasteiger charge is -2.27. The first kappa shape index (κ1) is 57.3. The number of carbonyl (C=O) groups excluding carboxylic acids is 1. The third-order valence-electron chi connectivity index (χ3n) is 11.7. The van der Waals surface area contributed by atoms with Gasteiger partial charge in [0.1, 0.15) is 12.2 Å². The van der Waals surface area contributed by atoms with Gasteiger partial charge in [0.05, 0.1) is 18.8 Å². The van der Waals surface area contributed by atoms with Gasteiger partial charge in [0.15, 0.2) is 0 Å². The van der Waals surface area contributed by atoms with Crippen molar-refractivity contribution in [2.24, 2.45) is 0 Å². The van der Waals surface area contributed by atoms with Crippen molar-refractivity contribution >= 4 is 5.91 Å². The highest BCUT2D eigenvalue weighted by atomic mass is 16.3. The van der Waals surface area contributed by atoms with Gasteiger partial charge in [-0.05, 0) is 89.9 Å². The van der Waals surface area contributed by atoms with Crippen LogP contribution in [0, 0.1) is 0 Å². The minimum atomic E-state index is -1.30. The molecule has 0 rings (SSSR count). The van der Waals surface area contributed by atoms with Gasteiger partial charge in [0.2, 0.25) is 5.91 Å². The first-order chi connectivity index (χ1) is 29.0. The summed E-state index contributed by atoms with van der Waals surface area (Å²) in [6.45, 7) is 4.04. The van der Waals surface area contributed by atoms with Crippen LogP contribution in [0.25, 0.3) is 0 Å². The molecule has 5 N–H and O–H groups in total. The van der Waals surface area contributed by atoms with E-state index in [1.54, 1.807) is 0 Å². The highest BCUT2D eigenvalue weighted by molar-refractivity contribution is 5.80. The second kappa shape index (κ2) is 47.3. The van der Waals surface area contributed by atoms with Gasteiger partial charge in [-0.1, -0.05) is 210 Å². The molecule has 0 aromatic heterocycles. The third-order valence-corrected chi connectivity index (χ3v) is 11.7. The third kappa shape index (κ3) is 41.4. The molecule has 1 amide bonds. The molecule has 0 fully saturated rings. The van der Waals surface area contributed by atoms with Crippen molar-refractivity contribution in [2.45, 2.75) is 276 Å². The summed E-state index contributed by atoms with van der Waals surface area (Å²) in [6.07, 6.45) is 58.7. The van der Waals surface area contributed by atoms with Crippen LogP contribution in [-0.4, -0.2) is 57.3 Å². The van der Waals surface area contributed by atoms with Crippen LogP contribution in [0.4, 0.5) is 0 Å². The predicted molar refractivity (Wildman–Crippen MR) is 256 cm³/mol. The van der Waals surface area contributed by atoms with Crippen molar-refractivity contribution in [3.63, 3.8) is 0 Å². The summed E-state index contributed by atoms with van der Waals surface area (Å²) >= 11 is 0. The van der Waals surface area contributed by atoms with Crippen LogP contribution in [0.15, 0.2) is 48.6 Å². The number of nitrogens with one attached hydrogen (secondary N) is 1. The summed E-state index contributed by atoms with van der Waals surface area (Å²) in [5, 5.41) is 43.8. The summed E-state index contributed by atoms with van der Waals surface area (Å²) in [5.74, 6) is -0.602. The lowest BCUT2D eigenvalue weighted by molar-refractivity contribution is -0.132. The van der Waals surface area contributed by atoms with Crippen LogP contribution in [0.3, 0.4) is 0 Å². The molecule has 6 heteroatoms. The molecule has 0 saturated heterocycles. The molecule has 0 saturated carbocycles. The van der Waals surface area contributed by atoms with Crippen LogP contribution in [0.1, 0.15) is 251 Å². The maximum Gasteiger partial charge on any atom is 0.249 e. The number of allylic oxidation sites excluding steroid dienone is 8. The van der Waals surface area contributed by atoms with Gasteiger partial charge in [0, 0.05) is 0 Å². The number of aliphatic hydroxyl groups excluding tert-OH is 4. The Labute approximate surface area is 366 Å². The van der Waals surface area contributed by atoms with Gasteiger partial charge in [0.25, 0.3) is 0 Å². The zero-order valence-corrected chi connectivity index (χ0v) is 39.0. The van der Waals surface area contributed by atoms with E-state index in [9.17, 15) is 25.2 Å². The minimum Gasteiger partial charge on any atom is -0.394 e. The summed E-state index contributed by atoms with van der Waals surface area (Å²) in [4.78, 5) is 12.6. The molecule has 0 aliphatic heterocycles. The van der Waals surface area contributed by atoms with Crippen molar-refractivity contribution in [3.8, 4) is 0 Å². The highest BCUT2D eigenvalue weighted by Crippen LogP contribution is 2.15. The summed E-state index contributed by atoms with van der Waals surface area (Å²) < 4.78 is 0. The van der Waals surface area contributed by atoms with E-state index in [1.807, 2.05) is 0 Å². The summed E-state index contributed by atoms with van der Waals surface area (Å²) in [6, 6.07) is -1.01. The van der Waals surface area contributed by atoms with Crippen molar-refractivity contribution in [1.29, 1.82) is 0 Å². The summed E-state index contributed by atoms with van der Waals surface area (Å²) in [7, 11) is 0. The Morgan fingerprint density at radius 3 is 1.07 bits per heavy atom. The molecule has 0 heterocycles. The Bertz CT molecular complexity index is 977. The van der Waals surface area contributed by atoms with Gasteiger partial charge >= 0.3 is 0 Å². The fraction of sp³-hybridized carbons (Fsp3) is 0.830. The van der Waals surface area contributed by atoms with Crippen molar-refractivity contribution in [2.75, 3.05) is 6.61 Å². The Hall–Kier alpha value is -1.73. The monoisotopic (exact) mass is 830 g/mol. The van der Waals surface area contributed by atoms with E-state index in [0.29, 0.717) is 19.3 Å². The molecule has 6 nitrogen and oxygen atoms in total. The Kier molecular flexibility index (Phi) is 45.9. The Balaban J connectivity index is 3.76. The normalized spacial score (nSPS) is 14.3. The second-order valence-electron chi connectivity index (χ2n) is 17.5. The highest BCUT2D eigenvalue weighted by Gasteiger charge is 2.28. The number of unbranched alkanes of at least 4 members (excludes halogenated alkanes) is 29. The van der Waals surface area contributed by atoms with E-state index in [0.717, 1.165) is 51.4 Å². The van der Waals surface area contributed by atoms with Crippen LogP contribution in [0.2, 0.25) is 0 Å². The predicted octanol–water partition coefficient (Wildman–Crippen LogP) is 14.2. The number of aliphatic hydroxyl groups is 4. The maximum atomic E-state index is 12.6. The van der Waals surface area contributed by atoms with E-state index in [-0.39, 0.29) is 0 Å². The number of amides is 1. The zero-order valence-electron chi connectivity index (χ0n) is 39.0. The van der Waals surface area contributed by atoms with E-state index in [1.165, 1.54) is 167 Å². The van der Waals surface area contributed by atoms with Crippen LogP contribution in [0.5, 0.6) is 0 Å². The molecule has 0 aromatic rings. The Morgan fingerprint density at radius 2 is 0.712 bits per heavy atom. The van der Waals surface area contributed by atoms with E-state index < -0.39 is 36.9 Å². The Morgan fingerprint density at radius 1 is 0.407 bits per heavy atom. The lowest BCUT2D eigenvalue weighted by Crippen LogP contribution is -2.53. The molecule has 0 aliphatic carbocycles. The van der Waals surface area contributed by atoms with Crippen molar-refractivity contribution in [3.05, 3.63) is 48.6 Å². The maximum absolute atomic E-state index is 12.6. The van der Waals surface area contributed by atoms with E-state index in [4.69, 9.17) is 0 Å². The fourth-order valence-corrected chi connectivity index (χ4v) is 7.67. The first-order valence-electron chi connectivity index (χ1n) is 25.5. The summed E-state index contributed by atoms with van der Waals surface area (Å²) in [5.41, 5.74) is 0. The van der Waals surface area contributed by atoms with Crippen LogP contribution >= 0.6 is 0 Å². The molecule has 4 atom stereocenters. The van der Waals surface area contributed by atoms with Crippen molar-refractivity contribution in [1.82, 2.24) is 5.32 Å². The molecular formula is C53H99NO5. The molecule has 0 aliphatic rings. The average Bonchev–Trinajstić information content (AvgIpc) is 3.24. The van der Waals surface area contributed by atoms with Gasteiger partial charge < -0.3 is 25.7 Å². The molecule has 0 bridgehead atoms. The largest absolute Gasteiger partial charge is 0.394 e. The minimum absolute atomic E-state index is 0.353. The number of carbonyl (C=O) groups is 1. The molecule has 0 spiro atoms. The quantitative estimate of drug-likeness (QED) is 0.0310. The SMILES string of the molecule is CCCCCCCCC/C=C/CC/C=C/CC/C=C/CCCC(O)C(O)C(CO)NC(=O)C(O)CCCCCCCCC/C=C\CCCCCCCCCCCCCC. The molecule has 346 valence electrons. The number of hydrogen-bond acceptors (Lipinski definition) is 5. The van der Waals surface area contributed by atoms with Gasteiger partial charge in [-0.25, -0.2) is 0 Å². The first-order valence-corrected chi connectivity index (χ1v) is 25.5. The van der Waals surface area contributed by atoms with Crippen LogP contribution in [-0.2, 0) is 4.79 Å². The van der Waals surface area contributed by atoms with Crippen LogP contribution < -0.4 is 5.32 Å². The molecule has 4 unspecified atom stereocenters. The lowest BCUT2D eigenvalue weighted by atomic mass is 10.00. The topological polar surface area (TPSA) is 110 Å². The molecule has 59 heavy (non-hydrogen) atoms. The van der Waals surface area contributed by atoms with E-state index in [2.05, 4.69) is 67.8 Å². The number of hydrogen-bond donors (Lipinski definition) is 5. The van der Waals surface area contributed by atoms with Gasteiger partial charge in [-0.2, -0.15) is 0 Å². The fourth-order valence-electron chi connectivity index (χ4n) is 7.67. The molecular weight excluding hydrogens is 731 g/mol. The standard InChI is InChI=1S/C53H99NO5/c1-3-5-7-9-11-13-15-17-19-21-23-25-26-27-29-31-33-35-37-39-41-43-45-47-51(57)53(59)54-49(48-55)52(58)50(56)46-44-42-40-38-36-34-32-30-28-24-22-20-18-16-14-12-10-8-6-4-2/h20,22,27,29-30,32,38,40,49-52,55-58H,3-19,21,23-26,28,31,33-37,39,41-48H2,1-2H3,(H,54,59)/b22-20+,29-27-,32-30+,40-38+. The van der Waals surface area contributed by atoms with Gasteiger partial charge in [-0.15, -0.1) is 0 Å². The number of rotatable bonds is 46. The van der Waals surface area contributed by atoms with Crippen molar-refractivity contribution < 1.29 is 25.2 Å². The zero-order chi connectivity index (χ0) is 43.1. The smallest absolute Gasteiger partial charge is 0.249 e.